The van der Waals surface area contributed by atoms with Crippen LogP contribution in [0.3, 0.4) is 0 Å². The molecule has 28 heavy (non-hydrogen) atoms. The third-order valence-corrected chi connectivity index (χ3v) is 6.00. The lowest BCUT2D eigenvalue weighted by Crippen LogP contribution is -2.58. The minimum absolute atomic E-state index is 0.0811. The van der Waals surface area contributed by atoms with Crippen molar-refractivity contribution in [3.05, 3.63) is 35.4 Å². The van der Waals surface area contributed by atoms with E-state index < -0.39 is 24.1 Å². The molecule has 3 rings (SSSR count). The van der Waals surface area contributed by atoms with Crippen LogP contribution >= 0.6 is 0 Å². The smallest absolute Gasteiger partial charge is 0.326 e. The third kappa shape index (κ3) is 4.19. The van der Waals surface area contributed by atoms with Crippen molar-refractivity contribution >= 4 is 17.8 Å². The van der Waals surface area contributed by atoms with Gasteiger partial charge in [-0.15, -0.1) is 0 Å². The Balaban J connectivity index is 1.71. The van der Waals surface area contributed by atoms with Gasteiger partial charge in [0.25, 0.3) is 0 Å². The molecule has 1 unspecified atom stereocenters. The second-order valence-corrected chi connectivity index (χ2v) is 7.81. The van der Waals surface area contributed by atoms with Gasteiger partial charge in [-0.3, -0.25) is 9.59 Å². The Morgan fingerprint density at radius 1 is 1.29 bits per heavy atom. The lowest BCUT2D eigenvalue weighted by atomic mass is 9.93. The molecule has 0 spiro atoms. The number of amides is 2. The second kappa shape index (κ2) is 8.73. The van der Waals surface area contributed by atoms with Crippen LogP contribution in [-0.4, -0.2) is 52.5 Å². The summed E-state index contributed by atoms with van der Waals surface area (Å²) in [6.45, 7) is 4.92. The van der Waals surface area contributed by atoms with Crippen LogP contribution in [0, 0.1) is 5.92 Å². The molecule has 0 radical (unpaired) electrons. The number of carbonyl (C=O) groups excluding carboxylic acids is 2. The monoisotopic (exact) mass is 387 g/mol. The van der Waals surface area contributed by atoms with Crippen LogP contribution in [0.4, 0.5) is 0 Å². The summed E-state index contributed by atoms with van der Waals surface area (Å²) in [6.07, 6.45) is 2.42. The molecule has 2 amide bonds. The van der Waals surface area contributed by atoms with Crippen molar-refractivity contribution < 1.29 is 19.5 Å². The van der Waals surface area contributed by atoms with Crippen molar-refractivity contribution in [3.63, 3.8) is 0 Å². The zero-order chi connectivity index (χ0) is 20.3. The van der Waals surface area contributed by atoms with Crippen molar-refractivity contribution in [1.82, 2.24) is 15.5 Å². The summed E-state index contributed by atoms with van der Waals surface area (Å²) in [5, 5.41) is 15.6. The molecule has 3 N–H and O–H groups in total. The molecule has 0 bridgehead atoms. The van der Waals surface area contributed by atoms with Crippen LogP contribution in [0.2, 0.25) is 0 Å². The van der Waals surface area contributed by atoms with Crippen molar-refractivity contribution in [3.8, 4) is 0 Å². The third-order valence-electron chi connectivity index (χ3n) is 6.00. The van der Waals surface area contributed by atoms with Crippen molar-refractivity contribution in [1.29, 1.82) is 0 Å². The Morgan fingerprint density at radius 2 is 2.00 bits per heavy atom. The van der Waals surface area contributed by atoms with Gasteiger partial charge in [-0.2, -0.15) is 0 Å². The lowest BCUT2D eigenvalue weighted by Gasteiger charge is -2.32. The second-order valence-electron chi connectivity index (χ2n) is 7.81. The number of carbonyl (C=O) groups is 3. The zero-order valence-corrected chi connectivity index (χ0v) is 16.5. The molecule has 2 heterocycles. The van der Waals surface area contributed by atoms with E-state index in [1.165, 1.54) is 10.5 Å². The SMILES string of the molecule is CC[C@H](C)[C@H](NC(=O)C1Cc2ccccc2CN1)C(=O)N1CCC[C@H]1C(=O)O. The maximum Gasteiger partial charge on any atom is 0.326 e. The molecule has 2 aliphatic rings. The highest BCUT2D eigenvalue weighted by atomic mass is 16.4. The number of carboxylic acids is 1. The Labute approximate surface area is 165 Å². The number of aliphatic carboxylic acids is 1. The molecule has 7 heteroatoms. The van der Waals surface area contributed by atoms with E-state index in [0.29, 0.717) is 38.8 Å². The number of carboxylic acid groups (broad SMARTS) is 1. The summed E-state index contributed by atoms with van der Waals surface area (Å²) < 4.78 is 0. The normalized spacial score (nSPS) is 23.6. The first-order valence-corrected chi connectivity index (χ1v) is 10.1. The van der Waals surface area contributed by atoms with Crippen molar-refractivity contribution in [2.45, 2.75) is 64.2 Å². The van der Waals surface area contributed by atoms with Gasteiger partial charge in [0.15, 0.2) is 0 Å². The number of nitrogens with zero attached hydrogens (tertiary/aromatic N) is 1. The summed E-state index contributed by atoms with van der Waals surface area (Å²) in [5.41, 5.74) is 2.32. The van der Waals surface area contributed by atoms with Crippen LogP contribution in [-0.2, 0) is 27.3 Å². The molecule has 1 saturated heterocycles. The Bertz CT molecular complexity index is 751. The first-order chi connectivity index (χ1) is 13.4. The maximum atomic E-state index is 13.1. The fourth-order valence-electron chi connectivity index (χ4n) is 4.04. The van der Waals surface area contributed by atoms with Gasteiger partial charge < -0.3 is 20.6 Å². The highest BCUT2D eigenvalue weighted by Gasteiger charge is 2.39. The van der Waals surface area contributed by atoms with Gasteiger partial charge >= 0.3 is 5.97 Å². The molecule has 7 nitrogen and oxygen atoms in total. The van der Waals surface area contributed by atoms with E-state index >= 15 is 0 Å². The number of fused-ring (bicyclic) bond motifs is 1. The van der Waals surface area contributed by atoms with Crippen molar-refractivity contribution in [2.75, 3.05) is 6.54 Å². The van der Waals surface area contributed by atoms with Crippen LogP contribution < -0.4 is 10.6 Å². The molecular formula is C21H29N3O4. The molecule has 4 atom stereocenters. The fraction of sp³-hybridized carbons (Fsp3) is 0.571. The molecular weight excluding hydrogens is 358 g/mol. The number of nitrogens with one attached hydrogen (secondary N) is 2. The Hall–Kier alpha value is -2.41. The average molecular weight is 387 g/mol. The van der Waals surface area contributed by atoms with Gasteiger partial charge in [-0.05, 0) is 36.3 Å². The predicted molar refractivity (Wildman–Crippen MR) is 105 cm³/mol. The van der Waals surface area contributed by atoms with Crippen LogP contribution in [0.15, 0.2) is 24.3 Å². The summed E-state index contributed by atoms with van der Waals surface area (Å²) in [5.74, 6) is -1.56. The van der Waals surface area contributed by atoms with Gasteiger partial charge in [0.2, 0.25) is 11.8 Å². The van der Waals surface area contributed by atoms with Gasteiger partial charge in [0.05, 0.1) is 6.04 Å². The fourth-order valence-corrected chi connectivity index (χ4v) is 4.04. The average Bonchev–Trinajstić information content (AvgIpc) is 3.20. The van der Waals surface area contributed by atoms with Gasteiger partial charge in [-0.1, -0.05) is 44.5 Å². The summed E-state index contributed by atoms with van der Waals surface area (Å²) in [4.78, 5) is 38.9. The molecule has 2 aliphatic heterocycles. The molecule has 1 fully saturated rings. The van der Waals surface area contributed by atoms with E-state index in [1.54, 1.807) is 0 Å². The van der Waals surface area contributed by atoms with Crippen LogP contribution in [0.5, 0.6) is 0 Å². The first-order valence-electron chi connectivity index (χ1n) is 10.1. The number of hydrogen-bond acceptors (Lipinski definition) is 4. The van der Waals surface area contributed by atoms with Crippen molar-refractivity contribution in [2.24, 2.45) is 5.92 Å². The highest BCUT2D eigenvalue weighted by molar-refractivity contribution is 5.92. The topological polar surface area (TPSA) is 98.7 Å². The quantitative estimate of drug-likeness (QED) is 0.684. The minimum Gasteiger partial charge on any atom is -0.480 e. The summed E-state index contributed by atoms with van der Waals surface area (Å²) in [7, 11) is 0. The van der Waals surface area contributed by atoms with Crippen LogP contribution in [0.25, 0.3) is 0 Å². The van der Waals surface area contributed by atoms with E-state index in [0.717, 1.165) is 5.56 Å². The van der Waals surface area contributed by atoms with Crippen LogP contribution in [0.1, 0.15) is 44.2 Å². The number of rotatable bonds is 6. The predicted octanol–water partition coefficient (Wildman–Crippen LogP) is 1.31. The number of hydrogen-bond donors (Lipinski definition) is 3. The van der Waals surface area contributed by atoms with E-state index in [-0.39, 0.29) is 17.7 Å². The number of likely N-dealkylation sites (tertiary alicyclic amines) is 1. The molecule has 1 aromatic rings. The van der Waals surface area contributed by atoms with Gasteiger partial charge in [0, 0.05) is 13.1 Å². The molecule has 0 aliphatic carbocycles. The molecule has 0 aromatic heterocycles. The maximum absolute atomic E-state index is 13.1. The Morgan fingerprint density at radius 3 is 2.68 bits per heavy atom. The summed E-state index contributed by atoms with van der Waals surface area (Å²) >= 11 is 0. The zero-order valence-electron chi connectivity index (χ0n) is 16.5. The number of benzene rings is 1. The molecule has 0 saturated carbocycles. The standard InChI is InChI=1S/C21H29N3O4/c1-3-13(2)18(20(26)24-10-6-9-17(24)21(27)28)23-19(25)16-11-14-7-4-5-8-15(14)12-22-16/h4-5,7-8,13,16-18,22H,3,6,9-12H2,1-2H3,(H,23,25)(H,27,28)/t13-,16?,17-,18-/m0/s1. The first kappa shape index (κ1) is 20.3. The molecule has 152 valence electrons. The lowest BCUT2D eigenvalue weighted by molar-refractivity contribution is -0.150. The van der Waals surface area contributed by atoms with E-state index in [4.69, 9.17) is 0 Å². The van der Waals surface area contributed by atoms with E-state index in [1.807, 2.05) is 38.1 Å². The largest absolute Gasteiger partial charge is 0.480 e. The highest BCUT2D eigenvalue weighted by Crippen LogP contribution is 2.22. The van der Waals surface area contributed by atoms with E-state index in [9.17, 15) is 19.5 Å². The van der Waals surface area contributed by atoms with Gasteiger partial charge in [0.1, 0.15) is 12.1 Å². The van der Waals surface area contributed by atoms with E-state index in [2.05, 4.69) is 10.6 Å². The summed E-state index contributed by atoms with van der Waals surface area (Å²) in [6, 6.07) is 6.10. The van der Waals surface area contributed by atoms with Gasteiger partial charge in [-0.25, -0.2) is 4.79 Å². The molecule has 1 aromatic carbocycles. The Kier molecular flexibility index (Phi) is 6.34. The minimum atomic E-state index is -0.981.